The van der Waals surface area contributed by atoms with E-state index < -0.39 is 10.0 Å². The van der Waals surface area contributed by atoms with Gasteiger partial charge in [0, 0.05) is 32.1 Å². The molecule has 29 heavy (non-hydrogen) atoms. The van der Waals surface area contributed by atoms with Crippen molar-refractivity contribution in [1.82, 2.24) is 18.8 Å². The number of thiophene rings is 1. The minimum absolute atomic E-state index is 0.267. The molecular weight excluding hydrogens is 428 g/mol. The Balaban J connectivity index is 1.96. The molecular formula is C20H27ClN4O2S2. The van der Waals surface area contributed by atoms with Crippen molar-refractivity contribution in [2.45, 2.75) is 44.8 Å². The molecule has 0 aliphatic rings. The maximum Gasteiger partial charge on any atom is 0.242 e. The summed E-state index contributed by atoms with van der Waals surface area (Å²) in [6.07, 6.45) is 0.975. The second-order valence-corrected chi connectivity index (χ2v) is 11.1. The van der Waals surface area contributed by atoms with E-state index in [-0.39, 0.29) is 4.90 Å². The molecule has 0 aliphatic heterocycles. The molecule has 0 saturated carbocycles. The number of fused-ring (bicyclic) bond motifs is 1. The molecule has 0 amide bonds. The first-order valence-corrected chi connectivity index (χ1v) is 12.3. The minimum atomic E-state index is -3.49. The molecule has 9 heteroatoms. The van der Waals surface area contributed by atoms with E-state index in [9.17, 15) is 8.42 Å². The van der Waals surface area contributed by atoms with Crippen LogP contribution in [0.4, 0.5) is 0 Å². The van der Waals surface area contributed by atoms with E-state index in [4.69, 9.17) is 16.6 Å². The lowest BCUT2D eigenvalue weighted by molar-refractivity contribution is 0.263. The van der Waals surface area contributed by atoms with Gasteiger partial charge in [-0.05, 0) is 43.3 Å². The highest BCUT2D eigenvalue weighted by molar-refractivity contribution is 7.89. The Morgan fingerprint density at radius 2 is 1.90 bits per heavy atom. The van der Waals surface area contributed by atoms with Crippen LogP contribution in [-0.4, -0.2) is 47.8 Å². The molecule has 0 spiro atoms. The molecule has 1 aromatic carbocycles. The summed E-state index contributed by atoms with van der Waals surface area (Å²) in [7, 11) is -0.411. The smallest absolute Gasteiger partial charge is 0.242 e. The number of halogens is 1. The molecule has 0 saturated heterocycles. The van der Waals surface area contributed by atoms with Crippen molar-refractivity contribution < 1.29 is 8.42 Å². The van der Waals surface area contributed by atoms with Crippen LogP contribution in [-0.2, 0) is 29.7 Å². The van der Waals surface area contributed by atoms with Crippen molar-refractivity contribution in [2.24, 2.45) is 0 Å². The maximum atomic E-state index is 12.5. The SMILES string of the molecule is CCCn1c(CN(CC)Cc2ccc(Cl)s2)nc2cc(S(=O)(=O)N(C)C)ccc21. The van der Waals surface area contributed by atoms with E-state index >= 15 is 0 Å². The van der Waals surface area contributed by atoms with Gasteiger partial charge in [0.1, 0.15) is 5.82 Å². The van der Waals surface area contributed by atoms with Gasteiger partial charge in [-0.15, -0.1) is 11.3 Å². The number of aryl methyl sites for hydroxylation is 1. The summed E-state index contributed by atoms with van der Waals surface area (Å²) in [5, 5.41) is 0. The zero-order chi connectivity index (χ0) is 21.2. The number of imidazole rings is 1. The van der Waals surface area contributed by atoms with Gasteiger partial charge in [0.15, 0.2) is 0 Å². The molecule has 2 aromatic heterocycles. The first-order valence-electron chi connectivity index (χ1n) is 9.64. The van der Waals surface area contributed by atoms with Crippen LogP contribution in [0.1, 0.15) is 31.0 Å². The highest BCUT2D eigenvalue weighted by atomic mass is 35.5. The predicted octanol–water partition coefficient (Wildman–Crippen LogP) is 4.43. The van der Waals surface area contributed by atoms with Crippen LogP contribution < -0.4 is 0 Å². The van der Waals surface area contributed by atoms with Crippen molar-refractivity contribution in [3.05, 3.63) is 45.4 Å². The van der Waals surface area contributed by atoms with Crippen LogP contribution in [0.25, 0.3) is 11.0 Å². The van der Waals surface area contributed by atoms with Crippen molar-refractivity contribution >= 4 is 44.0 Å². The van der Waals surface area contributed by atoms with E-state index in [0.717, 1.165) is 41.7 Å². The summed E-state index contributed by atoms with van der Waals surface area (Å²) in [5.74, 6) is 0.950. The fourth-order valence-corrected chi connectivity index (χ4v) is 5.31. The third-order valence-electron chi connectivity index (χ3n) is 4.85. The number of nitrogens with zero attached hydrogens (tertiary/aromatic N) is 4. The number of hydrogen-bond acceptors (Lipinski definition) is 5. The van der Waals surface area contributed by atoms with E-state index in [0.29, 0.717) is 12.1 Å². The topological polar surface area (TPSA) is 58.4 Å². The Morgan fingerprint density at radius 1 is 1.14 bits per heavy atom. The number of hydrogen-bond donors (Lipinski definition) is 0. The second kappa shape index (κ2) is 9.14. The quantitative estimate of drug-likeness (QED) is 0.479. The lowest BCUT2D eigenvalue weighted by Gasteiger charge is -2.20. The van der Waals surface area contributed by atoms with Crippen LogP contribution >= 0.6 is 22.9 Å². The Kier molecular flexibility index (Phi) is 7.01. The molecule has 6 nitrogen and oxygen atoms in total. The Morgan fingerprint density at radius 3 is 2.48 bits per heavy atom. The van der Waals surface area contributed by atoms with Gasteiger partial charge in [0.05, 0.1) is 26.8 Å². The molecule has 0 radical (unpaired) electrons. The maximum absolute atomic E-state index is 12.5. The average molecular weight is 455 g/mol. The standard InChI is InChI=1S/C20H27ClN4O2S2/c1-5-11-25-18-9-8-16(29(26,27)23(3)4)12-17(18)22-20(25)14-24(6-2)13-15-7-10-19(21)28-15/h7-10,12H,5-6,11,13-14H2,1-4H3. The lowest BCUT2D eigenvalue weighted by Crippen LogP contribution is -2.24. The van der Waals surface area contributed by atoms with Gasteiger partial charge in [-0.25, -0.2) is 17.7 Å². The largest absolute Gasteiger partial charge is 0.327 e. The van der Waals surface area contributed by atoms with Crippen LogP contribution in [0.15, 0.2) is 35.2 Å². The molecule has 0 aliphatic carbocycles. The van der Waals surface area contributed by atoms with Crippen molar-refractivity contribution in [3.8, 4) is 0 Å². The highest BCUT2D eigenvalue weighted by Gasteiger charge is 2.20. The third-order valence-corrected chi connectivity index (χ3v) is 7.87. The van der Waals surface area contributed by atoms with E-state index in [1.807, 2.05) is 12.1 Å². The molecule has 2 heterocycles. The molecule has 0 N–H and O–H groups in total. The van der Waals surface area contributed by atoms with Gasteiger partial charge in [-0.3, -0.25) is 4.90 Å². The number of rotatable bonds is 9. The van der Waals surface area contributed by atoms with Crippen molar-refractivity contribution in [3.63, 3.8) is 0 Å². The number of aromatic nitrogens is 2. The van der Waals surface area contributed by atoms with Crippen molar-refractivity contribution in [2.75, 3.05) is 20.6 Å². The first kappa shape index (κ1) is 22.2. The van der Waals surface area contributed by atoms with E-state index in [1.54, 1.807) is 23.5 Å². The third kappa shape index (κ3) is 4.83. The Labute approximate surface area is 181 Å². The van der Waals surface area contributed by atoms with Gasteiger partial charge < -0.3 is 4.57 Å². The van der Waals surface area contributed by atoms with Gasteiger partial charge in [0.25, 0.3) is 0 Å². The van der Waals surface area contributed by atoms with Crippen LogP contribution in [0, 0.1) is 0 Å². The van der Waals surface area contributed by atoms with E-state index in [1.165, 1.54) is 23.3 Å². The molecule has 0 unspecified atom stereocenters. The van der Waals surface area contributed by atoms with Crippen LogP contribution in [0.2, 0.25) is 4.34 Å². The lowest BCUT2D eigenvalue weighted by atomic mass is 10.3. The van der Waals surface area contributed by atoms with Crippen LogP contribution in [0.5, 0.6) is 0 Å². The molecule has 3 rings (SSSR count). The zero-order valence-electron chi connectivity index (χ0n) is 17.2. The summed E-state index contributed by atoms with van der Waals surface area (Å²) in [4.78, 5) is 8.61. The summed E-state index contributed by atoms with van der Waals surface area (Å²) in [6, 6.07) is 9.20. The molecule has 0 fully saturated rings. The van der Waals surface area contributed by atoms with Gasteiger partial charge in [-0.1, -0.05) is 25.4 Å². The highest BCUT2D eigenvalue weighted by Crippen LogP contribution is 2.25. The average Bonchev–Trinajstić information content (AvgIpc) is 3.24. The Hall–Kier alpha value is -1.45. The fraction of sp³-hybridized carbons (Fsp3) is 0.450. The predicted molar refractivity (Wildman–Crippen MR) is 120 cm³/mol. The summed E-state index contributed by atoms with van der Waals surface area (Å²) >= 11 is 7.67. The Bertz CT molecular complexity index is 1090. The molecule has 158 valence electrons. The molecule has 0 atom stereocenters. The van der Waals surface area contributed by atoms with Crippen molar-refractivity contribution in [1.29, 1.82) is 0 Å². The summed E-state index contributed by atoms with van der Waals surface area (Å²) < 4.78 is 29.2. The number of benzene rings is 1. The van der Waals surface area contributed by atoms with Crippen LogP contribution in [0.3, 0.4) is 0 Å². The molecule has 3 aromatic rings. The fourth-order valence-electron chi connectivity index (χ4n) is 3.26. The zero-order valence-corrected chi connectivity index (χ0v) is 19.6. The monoisotopic (exact) mass is 454 g/mol. The number of sulfonamides is 1. The molecule has 0 bridgehead atoms. The summed E-state index contributed by atoms with van der Waals surface area (Å²) in [6.45, 7) is 7.48. The minimum Gasteiger partial charge on any atom is -0.327 e. The van der Waals surface area contributed by atoms with Gasteiger partial charge in [-0.2, -0.15) is 0 Å². The van der Waals surface area contributed by atoms with Gasteiger partial charge in [0.2, 0.25) is 10.0 Å². The van der Waals surface area contributed by atoms with E-state index in [2.05, 4.69) is 29.4 Å². The normalized spacial score (nSPS) is 12.5. The second-order valence-electron chi connectivity index (χ2n) is 7.13. The first-order chi connectivity index (χ1) is 13.8. The summed E-state index contributed by atoms with van der Waals surface area (Å²) in [5.41, 5.74) is 1.68. The van der Waals surface area contributed by atoms with Gasteiger partial charge >= 0.3 is 0 Å².